The van der Waals surface area contributed by atoms with E-state index in [2.05, 4.69) is 16.3 Å². The quantitative estimate of drug-likeness (QED) is 0.219. The average molecular weight is 799 g/mol. The van der Waals surface area contributed by atoms with Gasteiger partial charge in [-0.25, -0.2) is 9.78 Å². The van der Waals surface area contributed by atoms with Gasteiger partial charge in [0.15, 0.2) is 5.75 Å². The molecule has 0 radical (unpaired) electrons. The molecule has 6 rings (SSSR count). The summed E-state index contributed by atoms with van der Waals surface area (Å²) in [6.07, 6.45) is 4.42. The number of aromatic nitrogens is 1. The fraction of sp³-hybridized carbons (Fsp3) is 0.512. The summed E-state index contributed by atoms with van der Waals surface area (Å²) in [6, 6.07) is 12.6. The summed E-state index contributed by atoms with van der Waals surface area (Å²) >= 11 is 19.7. The first-order chi connectivity index (χ1) is 25.6. The molecular formula is C41H50Cl3N5O5. The smallest absolute Gasteiger partial charge is 0.410 e. The maximum atomic E-state index is 15.0. The number of piperidine rings is 1. The van der Waals surface area contributed by atoms with Crippen molar-refractivity contribution in [2.24, 2.45) is 5.92 Å². The topological polar surface area (TPSA) is 104 Å². The van der Waals surface area contributed by atoms with E-state index in [1.54, 1.807) is 23.1 Å². The Bertz CT molecular complexity index is 1840. The number of carbonyl (C=O) groups excluding carboxylic acids is 3. The summed E-state index contributed by atoms with van der Waals surface area (Å²) in [5.74, 6) is 0.318. The molecule has 13 heteroatoms. The Kier molecular flexibility index (Phi) is 12.2. The summed E-state index contributed by atoms with van der Waals surface area (Å²) < 4.78 is 12.0. The zero-order valence-electron chi connectivity index (χ0n) is 31.8. The summed E-state index contributed by atoms with van der Waals surface area (Å²) in [6.45, 7) is 13.8. The Labute approximate surface area is 333 Å². The molecule has 3 aromatic rings. The number of nitrogens with one attached hydrogen (secondary N) is 1. The lowest BCUT2D eigenvalue weighted by atomic mass is 9.79. The second-order valence-electron chi connectivity index (χ2n) is 15.7. The molecule has 3 heterocycles. The van der Waals surface area contributed by atoms with Crippen LogP contribution in [0, 0.1) is 12.8 Å². The highest BCUT2D eigenvalue weighted by molar-refractivity contribution is 6.37. The summed E-state index contributed by atoms with van der Waals surface area (Å²) in [4.78, 5) is 51.7. The van der Waals surface area contributed by atoms with Gasteiger partial charge in [-0.05, 0) is 114 Å². The van der Waals surface area contributed by atoms with Crippen LogP contribution in [0.25, 0.3) is 0 Å². The zero-order valence-corrected chi connectivity index (χ0v) is 34.1. The SMILES string of the molecule is CCNC(=O)c1ccc(Cl)c(C(C)N(C(=O)[C@H]2CN(C(=O)OC(C)(C)C)CC[C@@H]2c2ccc(N3CC[C@H](Oc4c(Cl)cc(C)cc4Cl)C3)nc2)C2CC2)c1. The fourth-order valence-corrected chi connectivity index (χ4v) is 8.51. The maximum absolute atomic E-state index is 15.0. The number of nitrogens with zero attached hydrogens (tertiary/aromatic N) is 4. The number of hydrogen-bond donors (Lipinski definition) is 1. The van der Waals surface area contributed by atoms with Crippen LogP contribution in [0.1, 0.15) is 99.3 Å². The van der Waals surface area contributed by atoms with E-state index in [1.807, 2.05) is 70.8 Å². The lowest BCUT2D eigenvalue weighted by Crippen LogP contribution is -2.51. The van der Waals surface area contributed by atoms with Crippen LogP contribution < -0.4 is 15.0 Å². The highest BCUT2D eigenvalue weighted by Crippen LogP contribution is 2.43. The minimum Gasteiger partial charge on any atom is -0.485 e. The average Bonchev–Trinajstić information content (AvgIpc) is 3.84. The van der Waals surface area contributed by atoms with Gasteiger partial charge in [-0.1, -0.05) is 40.9 Å². The highest BCUT2D eigenvalue weighted by Gasteiger charge is 2.45. The molecule has 3 aliphatic rings. The molecule has 1 unspecified atom stereocenters. The Hall–Kier alpha value is -3.73. The number of benzene rings is 2. The molecule has 290 valence electrons. The first kappa shape index (κ1) is 39.9. The number of ether oxygens (including phenoxy) is 2. The van der Waals surface area contributed by atoms with Crippen molar-refractivity contribution in [2.45, 2.75) is 96.9 Å². The Morgan fingerprint density at radius 3 is 2.31 bits per heavy atom. The number of aryl methyl sites for hydroxylation is 1. The molecule has 1 aliphatic carbocycles. The first-order valence-electron chi connectivity index (χ1n) is 18.8. The number of carbonyl (C=O) groups is 3. The minimum absolute atomic E-state index is 0.0322. The molecule has 1 saturated carbocycles. The van der Waals surface area contributed by atoms with E-state index >= 15 is 0 Å². The van der Waals surface area contributed by atoms with Crippen molar-refractivity contribution >= 4 is 58.5 Å². The maximum Gasteiger partial charge on any atom is 0.410 e. The molecule has 3 fully saturated rings. The van der Waals surface area contributed by atoms with E-state index < -0.39 is 23.7 Å². The molecule has 10 nitrogen and oxygen atoms in total. The van der Waals surface area contributed by atoms with Crippen LogP contribution in [0.5, 0.6) is 5.75 Å². The number of pyridine rings is 1. The molecule has 2 aliphatic heterocycles. The molecule has 0 bridgehead atoms. The van der Waals surface area contributed by atoms with Crippen LogP contribution in [-0.2, 0) is 9.53 Å². The summed E-state index contributed by atoms with van der Waals surface area (Å²) in [5, 5.41) is 4.32. The molecule has 3 amide bonds. The fourth-order valence-electron chi connectivity index (χ4n) is 7.54. The molecule has 4 atom stereocenters. The van der Waals surface area contributed by atoms with Crippen LogP contribution in [0.4, 0.5) is 10.6 Å². The highest BCUT2D eigenvalue weighted by atomic mass is 35.5. The van der Waals surface area contributed by atoms with Crippen molar-refractivity contribution in [3.63, 3.8) is 0 Å². The summed E-state index contributed by atoms with van der Waals surface area (Å²) in [7, 11) is 0. The number of likely N-dealkylation sites (tertiary alicyclic amines) is 1. The number of anilines is 1. The third-order valence-electron chi connectivity index (χ3n) is 10.3. The van der Waals surface area contributed by atoms with Crippen LogP contribution >= 0.6 is 34.8 Å². The van der Waals surface area contributed by atoms with Gasteiger partial charge in [-0.3, -0.25) is 9.59 Å². The molecule has 1 aromatic heterocycles. The Morgan fingerprint density at radius 1 is 0.963 bits per heavy atom. The van der Waals surface area contributed by atoms with Gasteiger partial charge in [0.25, 0.3) is 5.91 Å². The second-order valence-corrected chi connectivity index (χ2v) is 16.9. The molecular weight excluding hydrogens is 749 g/mol. The predicted octanol–water partition coefficient (Wildman–Crippen LogP) is 8.85. The Balaban J connectivity index is 1.24. The second kappa shape index (κ2) is 16.6. The number of amides is 3. The molecule has 0 spiro atoms. The van der Waals surface area contributed by atoms with Crippen molar-refractivity contribution < 1.29 is 23.9 Å². The third kappa shape index (κ3) is 9.20. The van der Waals surface area contributed by atoms with E-state index in [0.29, 0.717) is 58.0 Å². The number of hydrogen-bond acceptors (Lipinski definition) is 7. The predicted molar refractivity (Wildman–Crippen MR) is 213 cm³/mol. The van der Waals surface area contributed by atoms with Gasteiger partial charge in [-0.2, -0.15) is 0 Å². The van der Waals surface area contributed by atoms with Gasteiger partial charge in [0.05, 0.1) is 28.5 Å². The number of halogens is 3. The number of rotatable bonds is 10. The lowest BCUT2D eigenvalue weighted by Gasteiger charge is -2.42. The van der Waals surface area contributed by atoms with Crippen molar-refractivity contribution in [3.05, 3.63) is 86.0 Å². The molecule has 54 heavy (non-hydrogen) atoms. The van der Waals surface area contributed by atoms with Gasteiger partial charge in [0, 0.05) is 61.3 Å². The van der Waals surface area contributed by atoms with Gasteiger partial charge in [-0.15, -0.1) is 0 Å². The van der Waals surface area contributed by atoms with Crippen molar-refractivity contribution in [2.75, 3.05) is 37.6 Å². The van der Waals surface area contributed by atoms with E-state index in [1.165, 1.54) is 0 Å². The van der Waals surface area contributed by atoms with Crippen LogP contribution in [-0.4, -0.2) is 83.2 Å². The normalized spacial score (nSPS) is 20.7. The molecule has 2 saturated heterocycles. The van der Waals surface area contributed by atoms with Gasteiger partial charge >= 0.3 is 6.09 Å². The summed E-state index contributed by atoms with van der Waals surface area (Å²) in [5.41, 5.74) is 2.43. The van der Waals surface area contributed by atoms with Crippen molar-refractivity contribution in [1.82, 2.24) is 20.1 Å². The van der Waals surface area contributed by atoms with Crippen LogP contribution in [0.2, 0.25) is 15.1 Å². The monoisotopic (exact) mass is 797 g/mol. The van der Waals surface area contributed by atoms with E-state index in [4.69, 9.17) is 49.3 Å². The lowest BCUT2D eigenvalue weighted by molar-refractivity contribution is -0.141. The minimum atomic E-state index is -0.675. The third-order valence-corrected chi connectivity index (χ3v) is 11.2. The van der Waals surface area contributed by atoms with E-state index in [-0.39, 0.29) is 36.4 Å². The van der Waals surface area contributed by atoms with Crippen molar-refractivity contribution in [3.8, 4) is 5.75 Å². The van der Waals surface area contributed by atoms with Crippen molar-refractivity contribution in [1.29, 1.82) is 0 Å². The van der Waals surface area contributed by atoms with Gasteiger partial charge < -0.3 is 29.5 Å². The van der Waals surface area contributed by atoms with E-state index in [0.717, 1.165) is 42.8 Å². The van der Waals surface area contributed by atoms with Crippen LogP contribution in [0.3, 0.4) is 0 Å². The Morgan fingerprint density at radius 2 is 1.69 bits per heavy atom. The standard InChI is InChI=1S/C41H50Cl3N5O5/c1-7-45-38(50)26-8-12-33(42)31(20-26)25(3)49(28-10-11-28)39(51)32-23-48(40(52)54-41(4,5)6)17-15-30(32)27-9-13-36(46-21-27)47-16-14-29(22-47)53-37-34(43)18-24(2)19-35(37)44/h8-9,12-13,18-21,25,28-30,32H,7,10-11,14-17,22-23H2,1-6H3,(H,45,50)/t25?,29-,30+,32-/m0/s1. The van der Waals surface area contributed by atoms with Gasteiger partial charge in [0.1, 0.15) is 17.5 Å². The largest absolute Gasteiger partial charge is 0.485 e. The van der Waals surface area contributed by atoms with Gasteiger partial charge in [0.2, 0.25) is 5.91 Å². The molecule has 2 aromatic carbocycles. The molecule has 1 N–H and O–H groups in total. The zero-order chi connectivity index (χ0) is 38.9. The first-order valence-corrected chi connectivity index (χ1v) is 20.0. The van der Waals surface area contributed by atoms with E-state index in [9.17, 15) is 14.4 Å². The van der Waals surface area contributed by atoms with Crippen LogP contribution in [0.15, 0.2) is 48.7 Å².